The zero-order valence-electron chi connectivity index (χ0n) is 10.9. The van der Waals surface area contributed by atoms with E-state index in [-0.39, 0.29) is 0 Å². The SMILES string of the molecule is CCC1CCCCC1.N#CC1CCCCC1. The topological polar surface area (TPSA) is 23.8 Å². The van der Waals surface area contributed by atoms with Crippen molar-refractivity contribution in [1.29, 1.82) is 5.26 Å². The molecule has 0 N–H and O–H groups in total. The van der Waals surface area contributed by atoms with Crippen molar-refractivity contribution in [1.82, 2.24) is 0 Å². The van der Waals surface area contributed by atoms with Crippen LogP contribution in [0.15, 0.2) is 0 Å². The summed E-state index contributed by atoms with van der Waals surface area (Å²) in [5.41, 5.74) is 0. The third-order valence-corrected chi connectivity index (χ3v) is 4.09. The minimum absolute atomic E-state index is 0.392. The molecule has 0 atom stereocenters. The Labute approximate surface area is 101 Å². The standard InChI is InChI=1S/C8H16.C7H11N/c1-2-8-6-4-3-5-7-8;8-6-7-4-2-1-3-5-7/h8H,2-7H2,1H3;7H,1-5H2. The van der Waals surface area contributed by atoms with Crippen LogP contribution in [0.3, 0.4) is 0 Å². The van der Waals surface area contributed by atoms with E-state index in [9.17, 15) is 0 Å². The van der Waals surface area contributed by atoms with Gasteiger partial charge in [0.15, 0.2) is 0 Å². The highest BCUT2D eigenvalue weighted by Gasteiger charge is 2.10. The maximum Gasteiger partial charge on any atom is 0.0655 e. The van der Waals surface area contributed by atoms with Gasteiger partial charge < -0.3 is 0 Å². The first-order valence-electron chi connectivity index (χ1n) is 7.26. The van der Waals surface area contributed by atoms with Crippen LogP contribution in [0.2, 0.25) is 0 Å². The lowest BCUT2D eigenvalue weighted by atomic mass is 9.88. The Bertz CT molecular complexity index is 192. The monoisotopic (exact) mass is 221 g/mol. The molecule has 0 aliphatic heterocycles. The number of nitrogens with zero attached hydrogens (tertiary/aromatic N) is 1. The highest BCUT2D eigenvalue weighted by molar-refractivity contribution is 4.84. The first kappa shape index (κ1) is 13.6. The van der Waals surface area contributed by atoms with Gasteiger partial charge in [-0.1, -0.05) is 64.7 Å². The second kappa shape index (κ2) is 8.62. The van der Waals surface area contributed by atoms with Crippen molar-refractivity contribution < 1.29 is 0 Å². The van der Waals surface area contributed by atoms with E-state index in [1.807, 2.05) is 0 Å². The molecule has 0 unspecified atom stereocenters. The molecule has 0 saturated heterocycles. The second-order valence-electron chi connectivity index (χ2n) is 5.38. The van der Waals surface area contributed by atoms with Crippen molar-refractivity contribution in [3.05, 3.63) is 0 Å². The van der Waals surface area contributed by atoms with Crippen LogP contribution in [-0.4, -0.2) is 0 Å². The summed E-state index contributed by atoms with van der Waals surface area (Å²) in [7, 11) is 0. The summed E-state index contributed by atoms with van der Waals surface area (Å²) in [6, 6.07) is 2.30. The number of hydrogen-bond acceptors (Lipinski definition) is 1. The zero-order valence-corrected chi connectivity index (χ0v) is 10.9. The van der Waals surface area contributed by atoms with Crippen molar-refractivity contribution >= 4 is 0 Å². The molecule has 0 aromatic heterocycles. The average Bonchev–Trinajstić information content (AvgIpc) is 2.41. The lowest BCUT2D eigenvalue weighted by Crippen LogP contribution is -2.03. The number of hydrogen-bond donors (Lipinski definition) is 0. The fraction of sp³-hybridized carbons (Fsp3) is 0.933. The Hall–Kier alpha value is -0.510. The molecule has 16 heavy (non-hydrogen) atoms. The van der Waals surface area contributed by atoms with Gasteiger partial charge in [0, 0.05) is 5.92 Å². The molecule has 0 bridgehead atoms. The van der Waals surface area contributed by atoms with E-state index in [0.717, 1.165) is 18.8 Å². The van der Waals surface area contributed by atoms with Gasteiger partial charge in [0.2, 0.25) is 0 Å². The van der Waals surface area contributed by atoms with Gasteiger partial charge in [-0.2, -0.15) is 5.26 Å². The minimum Gasteiger partial charge on any atom is -0.198 e. The van der Waals surface area contributed by atoms with E-state index in [4.69, 9.17) is 5.26 Å². The normalized spacial score (nSPS) is 23.0. The molecule has 0 heterocycles. The maximum absolute atomic E-state index is 8.44. The van der Waals surface area contributed by atoms with E-state index in [1.54, 1.807) is 0 Å². The molecular formula is C15H27N. The Kier molecular flexibility index (Phi) is 7.30. The van der Waals surface area contributed by atoms with E-state index >= 15 is 0 Å². The van der Waals surface area contributed by atoms with E-state index < -0.39 is 0 Å². The predicted octanol–water partition coefficient (Wildman–Crippen LogP) is 5.07. The van der Waals surface area contributed by atoms with Crippen LogP contribution in [0.5, 0.6) is 0 Å². The van der Waals surface area contributed by atoms with E-state index in [0.29, 0.717) is 5.92 Å². The van der Waals surface area contributed by atoms with Crippen molar-refractivity contribution in [2.24, 2.45) is 11.8 Å². The smallest absolute Gasteiger partial charge is 0.0655 e. The molecule has 0 aromatic carbocycles. The predicted molar refractivity (Wildman–Crippen MR) is 69.1 cm³/mol. The molecule has 1 heteroatoms. The Balaban J connectivity index is 0.000000160. The Morgan fingerprint density at radius 2 is 1.38 bits per heavy atom. The molecule has 0 aromatic rings. The first-order valence-corrected chi connectivity index (χ1v) is 7.26. The summed E-state index contributed by atoms with van der Waals surface area (Å²) in [4.78, 5) is 0. The lowest BCUT2D eigenvalue weighted by molar-refractivity contribution is 0.349. The molecule has 92 valence electrons. The van der Waals surface area contributed by atoms with Crippen LogP contribution in [0.25, 0.3) is 0 Å². The van der Waals surface area contributed by atoms with Crippen molar-refractivity contribution in [3.8, 4) is 6.07 Å². The summed E-state index contributed by atoms with van der Waals surface area (Å²) >= 11 is 0. The van der Waals surface area contributed by atoms with E-state index in [1.165, 1.54) is 57.8 Å². The average molecular weight is 221 g/mol. The van der Waals surface area contributed by atoms with Gasteiger partial charge in [-0.05, 0) is 18.8 Å². The third kappa shape index (κ3) is 5.54. The van der Waals surface area contributed by atoms with E-state index in [2.05, 4.69) is 13.0 Å². The molecule has 2 aliphatic rings. The largest absolute Gasteiger partial charge is 0.198 e. The highest BCUT2D eigenvalue weighted by atomic mass is 14.3. The number of rotatable bonds is 1. The fourth-order valence-electron chi connectivity index (χ4n) is 2.83. The second-order valence-corrected chi connectivity index (χ2v) is 5.38. The van der Waals surface area contributed by atoms with Gasteiger partial charge in [-0.15, -0.1) is 0 Å². The molecule has 1 nitrogen and oxygen atoms in total. The van der Waals surface area contributed by atoms with Crippen molar-refractivity contribution in [3.63, 3.8) is 0 Å². The Morgan fingerprint density at radius 3 is 1.69 bits per heavy atom. The van der Waals surface area contributed by atoms with Crippen LogP contribution in [0.4, 0.5) is 0 Å². The summed E-state index contributed by atoms with van der Waals surface area (Å²) in [6.45, 7) is 2.32. The van der Waals surface area contributed by atoms with Gasteiger partial charge >= 0.3 is 0 Å². The van der Waals surface area contributed by atoms with Crippen molar-refractivity contribution in [2.75, 3.05) is 0 Å². The van der Waals surface area contributed by atoms with Crippen LogP contribution >= 0.6 is 0 Å². The quantitative estimate of drug-likeness (QED) is 0.606. The van der Waals surface area contributed by atoms with Gasteiger partial charge in [-0.25, -0.2) is 0 Å². The fourth-order valence-corrected chi connectivity index (χ4v) is 2.83. The molecule has 0 radical (unpaired) electrons. The third-order valence-electron chi connectivity index (χ3n) is 4.09. The van der Waals surface area contributed by atoms with Crippen LogP contribution in [-0.2, 0) is 0 Å². The van der Waals surface area contributed by atoms with Crippen LogP contribution in [0, 0.1) is 23.2 Å². The Morgan fingerprint density at radius 1 is 0.875 bits per heavy atom. The van der Waals surface area contributed by atoms with Crippen molar-refractivity contribution in [2.45, 2.75) is 77.6 Å². The van der Waals surface area contributed by atoms with Gasteiger partial charge in [0.05, 0.1) is 6.07 Å². The molecule has 2 aliphatic carbocycles. The minimum atomic E-state index is 0.392. The highest BCUT2D eigenvalue weighted by Crippen LogP contribution is 2.25. The first-order chi connectivity index (χ1) is 7.86. The summed E-state index contributed by atoms with van der Waals surface area (Å²) in [6.07, 6.45) is 15.1. The molecular weight excluding hydrogens is 194 g/mol. The lowest BCUT2D eigenvalue weighted by Gasteiger charge is -2.18. The molecule has 0 spiro atoms. The summed E-state index contributed by atoms with van der Waals surface area (Å²) in [5, 5.41) is 8.44. The molecule has 2 saturated carbocycles. The summed E-state index contributed by atoms with van der Waals surface area (Å²) in [5.74, 6) is 1.48. The molecule has 0 amide bonds. The van der Waals surface area contributed by atoms with Crippen LogP contribution in [0.1, 0.15) is 77.6 Å². The molecule has 2 fully saturated rings. The van der Waals surface area contributed by atoms with Gasteiger partial charge in [-0.3, -0.25) is 0 Å². The number of nitriles is 1. The summed E-state index contributed by atoms with van der Waals surface area (Å²) < 4.78 is 0. The zero-order chi connectivity index (χ0) is 11.6. The molecule has 2 rings (SSSR count). The van der Waals surface area contributed by atoms with Crippen LogP contribution < -0.4 is 0 Å². The van der Waals surface area contributed by atoms with Gasteiger partial charge in [0.25, 0.3) is 0 Å². The van der Waals surface area contributed by atoms with Gasteiger partial charge in [0.1, 0.15) is 0 Å². The maximum atomic E-state index is 8.44.